The Bertz CT molecular complexity index is 1320. The first kappa shape index (κ1) is 21.4. The number of ether oxygens (including phenoxy) is 1. The van der Waals surface area contributed by atoms with Gasteiger partial charge in [-0.1, -0.05) is 28.1 Å². The molecule has 4 aromatic rings. The Morgan fingerprint density at radius 3 is 2.78 bits per heavy atom. The van der Waals surface area contributed by atoms with E-state index in [4.69, 9.17) is 15.9 Å². The van der Waals surface area contributed by atoms with Crippen LogP contribution in [0.2, 0.25) is 0 Å². The van der Waals surface area contributed by atoms with Crippen LogP contribution in [-0.2, 0) is 11.3 Å². The summed E-state index contributed by atoms with van der Waals surface area (Å²) in [5, 5.41) is 20.8. The minimum absolute atomic E-state index is 0.0342. The SMILES string of the molecule is N=C(N)c1ccc2nc(-c3ccc(OCC(=O)NCc4cccc(Br)c4)cc3O)[nH]c2c1. The van der Waals surface area contributed by atoms with E-state index in [9.17, 15) is 9.90 Å². The third-order valence-electron chi connectivity index (χ3n) is 4.77. The number of hydrogen-bond acceptors (Lipinski definition) is 5. The molecule has 0 fully saturated rings. The number of phenolic OH excluding ortho intramolecular Hbond substituents is 1. The Balaban J connectivity index is 1.40. The molecule has 1 heterocycles. The van der Waals surface area contributed by atoms with Crippen LogP contribution in [0.4, 0.5) is 0 Å². The number of aromatic hydroxyl groups is 1. The van der Waals surface area contributed by atoms with E-state index >= 15 is 0 Å². The van der Waals surface area contributed by atoms with E-state index in [-0.39, 0.29) is 24.1 Å². The fourth-order valence-electron chi connectivity index (χ4n) is 3.15. The average molecular weight is 494 g/mol. The van der Waals surface area contributed by atoms with Gasteiger partial charge in [0.1, 0.15) is 23.2 Å². The molecular formula is C23H20BrN5O3. The van der Waals surface area contributed by atoms with E-state index < -0.39 is 0 Å². The number of carbonyl (C=O) groups is 1. The first-order valence-corrected chi connectivity index (χ1v) is 10.5. The summed E-state index contributed by atoms with van der Waals surface area (Å²) in [4.78, 5) is 19.7. The molecule has 0 aliphatic heterocycles. The maximum Gasteiger partial charge on any atom is 0.258 e. The number of aromatic nitrogens is 2. The molecule has 1 amide bonds. The molecule has 0 saturated carbocycles. The second kappa shape index (κ2) is 9.11. The third kappa shape index (κ3) is 4.89. The van der Waals surface area contributed by atoms with E-state index in [1.54, 1.807) is 30.3 Å². The zero-order valence-corrected chi connectivity index (χ0v) is 18.4. The van der Waals surface area contributed by atoms with Crippen LogP contribution in [0.1, 0.15) is 11.1 Å². The van der Waals surface area contributed by atoms with E-state index in [0.717, 1.165) is 10.0 Å². The van der Waals surface area contributed by atoms with E-state index in [2.05, 4.69) is 31.2 Å². The highest BCUT2D eigenvalue weighted by atomic mass is 79.9. The second-order valence-corrected chi connectivity index (χ2v) is 8.02. The van der Waals surface area contributed by atoms with Gasteiger partial charge in [-0.15, -0.1) is 0 Å². The molecule has 0 aliphatic carbocycles. The second-order valence-electron chi connectivity index (χ2n) is 7.11. The zero-order chi connectivity index (χ0) is 22.7. The zero-order valence-electron chi connectivity index (χ0n) is 16.9. The van der Waals surface area contributed by atoms with Crippen molar-refractivity contribution in [2.75, 3.05) is 6.61 Å². The van der Waals surface area contributed by atoms with Gasteiger partial charge in [0, 0.05) is 22.6 Å². The monoisotopic (exact) mass is 493 g/mol. The smallest absolute Gasteiger partial charge is 0.258 e. The Morgan fingerprint density at radius 2 is 2.03 bits per heavy atom. The summed E-state index contributed by atoms with van der Waals surface area (Å²) in [6, 6.07) is 17.6. The average Bonchev–Trinajstić information content (AvgIpc) is 3.19. The number of nitrogens with zero attached hydrogens (tertiary/aromatic N) is 1. The predicted octanol–water partition coefficient (Wildman–Crippen LogP) is 3.68. The molecule has 8 nitrogen and oxygen atoms in total. The highest BCUT2D eigenvalue weighted by Gasteiger charge is 2.12. The number of carbonyl (C=O) groups excluding carboxylic acids is 1. The Kier molecular flexibility index (Phi) is 6.09. The van der Waals surface area contributed by atoms with Crippen molar-refractivity contribution >= 4 is 38.7 Å². The molecule has 0 radical (unpaired) electrons. The van der Waals surface area contributed by atoms with Crippen molar-refractivity contribution in [2.24, 2.45) is 5.73 Å². The van der Waals surface area contributed by atoms with Gasteiger partial charge in [-0.05, 0) is 48.0 Å². The number of rotatable bonds is 7. The largest absolute Gasteiger partial charge is 0.507 e. The normalized spacial score (nSPS) is 10.8. The third-order valence-corrected chi connectivity index (χ3v) is 5.26. The molecular weight excluding hydrogens is 474 g/mol. The van der Waals surface area contributed by atoms with Crippen molar-refractivity contribution in [2.45, 2.75) is 6.54 Å². The van der Waals surface area contributed by atoms with Gasteiger partial charge in [-0.25, -0.2) is 4.98 Å². The minimum atomic E-state index is -0.271. The van der Waals surface area contributed by atoms with Crippen molar-refractivity contribution in [1.82, 2.24) is 15.3 Å². The summed E-state index contributed by atoms with van der Waals surface area (Å²) in [5.74, 6) is 0.485. The number of aromatic amines is 1. The van der Waals surface area contributed by atoms with Gasteiger partial charge in [0.05, 0.1) is 16.6 Å². The van der Waals surface area contributed by atoms with Crippen molar-refractivity contribution in [3.05, 3.63) is 76.3 Å². The first-order valence-electron chi connectivity index (χ1n) is 9.70. The topological polar surface area (TPSA) is 137 Å². The van der Waals surface area contributed by atoms with E-state index in [1.165, 1.54) is 6.07 Å². The summed E-state index contributed by atoms with van der Waals surface area (Å²) >= 11 is 3.40. The van der Waals surface area contributed by atoms with Gasteiger partial charge >= 0.3 is 0 Å². The molecule has 3 aromatic carbocycles. The number of nitrogens with one attached hydrogen (secondary N) is 3. The van der Waals surface area contributed by atoms with Gasteiger partial charge in [-0.3, -0.25) is 10.2 Å². The molecule has 0 bridgehead atoms. The number of amides is 1. The lowest BCUT2D eigenvalue weighted by Gasteiger charge is -2.09. The summed E-state index contributed by atoms with van der Waals surface area (Å²) in [5.41, 5.74) is 8.96. The Morgan fingerprint density at radius 1 is 1.19 bits per heavy atom. The fourth-order valence-corrected chi connectivity index (χ4v) is 3.60. The number of fused-ring (bicyclic) bond motifs is 1. The molecule has 6 N–H and O–H groups in total. The molecule has 9 heteroatoms. The number of nitrogens with two attached hydrogens (primary N) is 1. The summed E-state index contributed by atoms with van der Waals surface area (Å²) < 4.78 is 6.45. The maximum absolute atomic E-state index is 12.1. The number of hydrogen-bond donors (Lipinski definition) is 5. The number of nitrogen functional groups attached to an aromatic ring is 1. The lowest BCUT2D eigenvalue weighted by atomic mass is 10.2. The van der Waals surface area contributed by atoms with Crippen molar-refractivity contribution in [1.29, 1.82) is 5.41 Å². The Labute approximate surface area is 192 Å². The lowest BCUT2D eigenvalue weighted by Crippen LogP contribution is -2.28. The summed E-state index contributed by atoms with van der Waals surface area (Å²) in [6.07, 6.45) is 0. The number of halogens is 1. The van der Waals surface area contributed by atoms with Gasteiger partial charge < -0.3 is 25.9 Å². The molecule has 0 atom stereocenters. The van der Waals surface area contributed by atoms with E-state index in [1.807, 2.05) is 24.3 Å². The summed E-state index contributed by atoms with van der Waals surface area (Å²) in [7, 11) is 0. The van der Waals surface area contributed by atoms with Gasteiger partial charge in [0.25, 0.3) is 5.91 Å². The molecule has 1 aromatic heterocycles. The van der Waals surface area contributed by atoms with Crippen LogP contribution in [0.15, 0.2) is 65.1 Å². The number of amidine groups is 1. The van der Waals surface area contributed by atoms with Gasteiger partial charge in [-0.2, -0.15) is 0 Å². The van der Waals surface area contributed by atoms with Crippen molar-refractivity contribution in [3.8, 4) is 22.9 Å². The van der Waals surface area contributed by atoms with Crippen LogP contribution in [0.5, 0.6) is 11.5 Å². The standard InChI is InChI=1S/C23H20BrN5O3/c24-15-3-1-2-13(8-15)11-27-21(31)12-32-16-5-6-17(20(30)10-16)23-28-18-7-4-14(22(25)26)9-19(18)29-23/h1-10,30H,11-12H2,(H3,25,26)(H,27,31)(H,28,29). The van der Waals surface area contributed by atoms with Crippen molar-refractivity contribution in [3.63, 3.8) is 0 Å². The highest BCUT2D eigenvalue weighted by Crippen LogP contribution is 2.32. The predicted molar refractivity (Wildman–Crippen MR) is 126 cm³/mol. The molecule has 4 rings (SSSR count). The van der Waals surface area contributed by atoms with Crippen LogP contribution in [0.3, 0.4) is 0 Å². The van der Waals surface area contributed by atoms with Gasteiger partial charge in [0.15, 0.2) is 6.61 Å². The maximum atomic E-state index is 12.1. The highest BCUT2D eigenvalue weighted by molar-refractivity contribution is 9.10. The molecule has 32 heavy (non-hydrogen) atoms. The van der Waals surface area contributed by atoms with Crippen LogP contribution < -0.4 is 15.8 Å². The number of imidazole rings is 1. The number of phenols is 1. The van der Waals surface area contributed by atoms with Crippen LogP contribution >= 0.6 is 15.9 Å². The van der Waals surface area contributed by atoms with Crippen molar-refractivity contribution < 1.29 is 14.6 Å². The van der Waals surface area contributed by atoms with Crippen LogP contribution in [0, 0.1) is 5.41 Å². The fraction of sp³-hybridized carbons (Fsp3) is 0.0870. The van der Waals surface area contributed by atoms with E-state index in [0.29, 0.717) is 40.3 Å². The molecule has 0 spiro atoms. The Hall–Kier alpha value is -3.85. The number of H-pyrrole nitrogens is 1. The molecule has 0 saturated heterocycles. The molecule has 0 unspecified atom stereocenters. The first-order chi connectivity index (χ1) is 15.4. The lowest BCUT2D eigenvalue weighted by molar-refractivity contribution is -0.123. The number of benzene rings is 3. The van der Waals surface area contributed by atoms with Gasteiger partial charge in [0.2, 0.25) is 0 Å². The van der Waals surface area contributed by atoms with Crippen LogP contribution in [-0.4, -0.2) is 33.4 Å². The summed E-state index contributed by atoms with van der Waals surface area (Å²) in [6.45, 7) is 0.217. The molecule has 0 aliphatic rings. The van der Waals surface area contributed by atoms with Crippen LogP contribution in [0.25, 0.3) is 22.4 Å². The minimum Gasteiger partial charge on any atom is -0.507 e. The quantitative estimate of drug-likeness (QED) is 0.197. The molecule has 162 valence electrons.